The lowest BCUT2D eigenvalue weighted by Crippen LogP contribution is -2.48. The molecule has 0 saturated carbocycles. The Balaban J connectivity index is 1.59. The molecular weight excluding hydrogens is 498 g/mol. The van der Waals surface area contributed by atoms with Crippen LogP contribution in [0.1, 0.15) is 17.2 Å². The summed E-state index contributed by atoms with van der Waals surface area (Å²) in [6.45, 7) is 0.336. The van der Waals surface area contributed by atoms with Gasteiger partial charge in [0.1, 0.15) is 10.9 Å². The Labute approximate surface area is 221 Å². The summed E-state index contributed by atoms with van der Waals surface area (Å²) in [6.07, 6.45) is 1.56. The molecule has 2 N–H and O–H groups in total. The second-order valence-electron chi connectivity index (χ2n) is 8.90. The molecular formula is C30H27N3O4S. The van der Waals surface area contributed by atoms with Gasteiger partial charge in [-0.25, -0.2) is 13.1 Å². The van der Waals surface area contributed by atoms with Gasteiger partial charge in [0.25, 0.3) is 0 Å². The molecule has 0 aliphatic heterocycles. The maximum Gasteiger partial charge on any atom is 0.324 e. The molecule has 0 amide bonds. The van der Waals surface area contributed by atoms with Crippen LogP contribution in [0.3, 0.4) is 0 Å². The molecule has 0 aliphatic rings. The molecule has 1 aromatic heterocycles. The Hall–Kier alpha value is -4.11. The zero-order chi connectivity index (χ0) is 26.5. The highest BCUT2D eigenvalue weighted by Gasteiger charge is 2.35. The normalized spacial score (nSPS) is 13.3. The van der Waals surface area contributed by atoms with Crippen molar-refractivity contribution >= 4 is 37.7 Å². The molecule has 7 nitrogen and oxygen atoms in total. The second kappa shape index (κ2) is 11.1. The van der Waals surface area contributed by atoms with Gasteiger partial charge in [-0.05, 0) is 40.1 Å². The number of carbonyl (C=O) groups excluding carboxylic acids is 1. The number of methoxy groups -OCH3 is 1. The molecule has 2 atom stereocenters. The van der Waals surface area contributed by atoms with Crippen molar-refractivity contribution in [1.29, 1.82) is 0 Å². The van der Waals surface area contributed by atoms with E-state index in [4.69, 9.17) is 4.74 Å². The molecule has 192 valence electrons. The second-order valence-corrected chi connectivity index (χ2v) is 10.6. The molecule has 8 heteroatoms. The number of ether oxygens (including phenoxy) is 1. The maximum absolute atomic E-state index is 13.9. The first-order valence-corrected chi connectivity index (χ1v) is 13.6. The number of aromatic nitrogens is 1. The van der Waals surface area contributed by atoms with Crippen LogP contribution >= 0.6 is 0 Å². The van der Waals surface area contributed by atoms with Gasteiger partial charge in [-0.2, -0.15) is 0 Å². The number of carbonyl (C=O) groups is 1. The van der Waals surface area contributed by atoms with Crippen LogP contribution in [0.25, 0.3) is 21.7 Å². The summed E-state index contributed by atoms with van der Waals surface area (Å²) in [5, 5.41) is 5.85. The predicted octanol–water partition coefficient (Wildman–Crippen LogP) is 4.74. The number of pyridine rings is 1. The van der Waals surface area contributed by atoms with Crippen molar-refractivity contribution in [3.8, 4) is 0 Å². The number of benzene rings is 4. The highest BCUT2D eigenvalue weighted by molar-refractivity contribution is 7.89. The maximum atomic E-state index is 13.9. The minimum Gasteiger partial charge on any atom is -0.468 e. The minimum atomic E-state index is -4.12. The molecule has 4 aromatic carbocycles. The monoisotopic (exact) mass is 525 g/mol. The number of para-hydroxylation sites is 1. The molecule has 0 aliphatic carbocycles. The van der Waals surface area contributed by atoms with Gasteiger partial charge in [-0.1, -0.05) is 84.9 Å². The van der Waals surface area contributed by atoms with Gasteiger partial charge in [-0.15, -0.1) is 0 Å². The largest absolute Gasteiger partial charge is 0.468 e. The Kier molecular flexibility index (Phi) is 7.46. The van der Waals surface area contributed by atoms with Crippen molar-refractivity contribution in [1.82, 2.24) is 15.0 Å². The number of hydrogen-bond donors (Lipinski definition) is 2. The highest BCUT2D eigenvalue weighted by Crippen LogP contribution is 2.28. The van der Waals surface area contributed by atoms with Crippen LogP contribution in [0, 0.1) is 0 Å². The molecule has 0 spiro atoms. The van der Waals surface area contributed by atoms with E-state index in [1.54, 1.807) is 30.5 Å². The Morgan fingerprint density at radius 3 is 2.34 bits per heavy atom. The van der Waals surface area contributed by atoms with E-state index in [0.717, 1.165) is 16.3 Å². The summed E-state index contributed by atoms with van der Waals surface area (Å²) in [5.74, 6) is -0.585. The lowest BCUT2D eigenvalue weighted by atomic mass is 9.97. The Bertz CT molecular complexity index is 1690. The number of nitrogens with zero attached hydrogens (tertiary/aromatic N) is 1. The summed E-state index contributed by atoms with van der Waals surface area (Å²) in [5.41, 5.74) is 1.92. The number of rotatable bonds is 9. The van der Waals surface area contributed by atoms with Gasteiger partial charge >= 0.3 is 5.97 Å². The van der Waals surface area contributed by atoms with Crippen LogP contribution in [0.15, 0.2) is 114 Å². The first kappa shape index (κ1) is 25.5. The van der Waals surface area contributed by atoms with E-state index in [1.807, 2.05) is 72.8 Å². The predicted molar refractivity (Wildman–Crippen MR) is 148 cm³/mol. The van der Waals surface area contributed by atoms with E-state index in [-0.39, 0.29) is 4.90 Å². The molecule has 0 saturated heterocycles. The molecule has 5 rings (SSSR count). The van der Waals surface area contributed by atoms with E-state index in [0.29, 0.717) is 23.0 Å². The summed E-state index contributed by atoms with van der Waals surface area (Å²) in [6, 6.07) is 29.6. The van der Waals surface area contributed by atoms with Crippen LogP contribution in [0.4, 0.5) is 0 Å². The van der Waals surface area contributed by atoms with Crippen LogP contribution in [0.2, 0.25) is 0 Å². The molecule has 5 aromatic rings. The van der Waals surface area contributed by atoms with Crippen LogP contribution in [-0.4, -0.2) is 32.5 Å². The highest BCUT2D eigenvalue weighted by atomic mass is 32.2. The molecule has 1 heterocycles. The third-order valence-corrected chi connectivity index (χ3v) is 7.93. The van der Waals surface area contributed by atoms with E-state index >= 15 is 0 Å². The number of fused-ring (bicyclic) bond motifs is 2. The molecule has 0 unspecified atom stereocenters. The number of hydrogen-bond acceptors (Lipinski definition) is 6. The van der Waals surface area contributed by atoms with Crippen molar-refractivity contribution < 1.29 is 17.9 Å². The Morgan fingerprint density at radius 1 is 0.842 bits per heavy atom. The number of nitrogens with one attached hydrogen (secondary N) is 2. The fraction of sp³-hybridized carbons (Fsp3) is 0.133. The van der Waals surface area contributed by atoms with Gasteiger partial charge < -0.3 is 4.74 Å². The zero-order valence-electron chi connectivity index (χ0n) is 20.7. The fourth-order valence-corrected chi connectivity index (χ4v) is 5.96. The molecule has 0 fully saturated rings. The summed E-state index contributed by atoms with van der Waals surface area (Å²) in [4.78, 5) is 17.5. The first-order chi connectivity index (χ1) is 18.5. The lowest BCUT2D eigenvalue weighted by molar-refractivity contribution is -0.143. The van der Waals surface area contributed by atoms with Crippen LogP contribution in [0.5, 0.6) is 0 Å². The number of esters is 1. The van der Waals surface area contributed by atoms with Crippen molar-refractivity contribution in [2.75, 3.05) is 7.11 Å². The van der Waals surface area contributed by atoms with Crippen LogP contribution in [-0.2, 0) is 26.1 Å². The fourth-order valence-electron chi connectivity index (χ4n) is 4.54. The lowest BCUT2D eigenvalue weighted by Gasteiger charge is -2.28. The van der Waals surface area contributed by atoms with E-state index in [1.165, 1.54) is 13.2 Å². The van der Waals surface area contributed by atoms with Crippen LogP contribution < -0.4 is 10.0 Å². The first-order valence-electron chi connectivity index (χ1n) is 12.2. The van der Waals surface area contributed by atoms with E-state index < -0.39 is 28.1 Å². The molecule has 0 radical (unpaired) electrons. The van der Waals surface area contributed by atoms with Gasteiger partial charge in [0.05, 0.1) is 18.7 Å². The standard InChI is InChI=1S/C30H27N3O4S/c1-37-30(34)29(32-20-21-9-3-2-4-10-21)28(25-17-16-22-11-5-6-12-24(22)19-25)33-38(35,36)26-15-7-13-23-14-8-18-31-27(23)26/h2-19,28-29,32-33H,20H2,1H3/t28-,29-/m0/s1. The van der Waals surface area contributed by atoms with E-state index in [9.17, 15) is 13.2 Å². The Morgan fingerprint density at radius 2 is 1.55 bits per heavy atom. The van der Waals surface area contributed by atoms with Gasteiger partial charge in [0, 0.05) is 18.1 Å². The number of sulfonamides is 1. The minimum absolute atomic E-state index is 0.0352. The van der Waals surface area contributed by atoms with E-state index in [2.05, 4.69) is 15.0 Å². The van der Waals surface area contributed by atoms with Crippen molar-refractivity contribution in [3.63, 3.8) is 0 Å². The summed E-state index contributed by atoms with van der Waals surface area (Å²) >= 11 is 0. The molecule has 38 heavy (non-hydrogen) atoms. The van der Waals surface area contributed by atoms with Crippen molar-refractivity contribution in [2.45, 2.75) is 23.5 Å². The third kappa shape index (κ3) is 5.43. The summed E-state index contributed by atoms with van der Waals surface area (Å²) in [7, 11) is -2.83. The summed E-state index contributed by atoms with van der Waals surface area (Å²) < 4.78 is 35.6. The third-order valence-electron chi connectivity index (χ3n) is 6.46. The molecule has 0 bridgehead atoms. The average molecular weight is 526 g/mol. The van der Waals surface area contributed by atoms with Gasteiger partial charge in [0.2, 0.25) is 10.0 Å². The quantitative estimate of drug-likeness (QED) is 0.270. The van der Waals surface area contributed by atoms with Gasteiger partial charge in [0.15, 0.2) is 0 Å². The topological polar surface area (TPSA) is 97.4 Å². The van der Waals surface area contributed by atoms with Crippen molar-refractivity contribution in [2.24, 2.45) is 0 Å². The average Bonchev–Trinajstić information content (AvgIpc) is 2.96. The van der Waals surface area contributed by atoms with Crippen molar-refractivity contribution in [3.05, 3.63) is 120 Å². The van der Waals surface area contributed by atoms with Gasteiger partial charge in [-0.3, -0.25) is 15.1 Å². The SMILES string of the molecule is COC(=O)[C@@H](NCc1ccccc1)[C@@H](NS(=O)(=O)c1cccc2cccnc12)c1ccc2ccccc2c1. The smallest absolute Gasteiger partial charge is 0.324 e. The zero-order valence-corrected chi connectivity index (χ0v) is 21.6.